The molecule has 2 rings (SSSR count). The van der Waals surface area contributed by atoms with E-state index in [1.54, 1.807) is 48.5 Å². The van der Waals surface area contributed by atoms with E-state index in [1.165, 1.54) is 0 Å². The second-order valence-electron chi connectivity index (χ2n) is 6.84. The Bertz CT molecular complexity index is 727. The maximum Gasteiger partial charge on any atom is 0.338 e. The molecule has 0 spiro atoms. The Labute approximate surface area is 161 Å². The topological polar surface area (TPSA) is 52.6 Å². The van der Waals surface area contributed by atoms with Crippen LogP contribution < -0.4 is 0 Å². The molecule has 2 atom stereocenters. The van der Waals surface area contributed by atoms with Crippen molar-refractivity contribution in [3.05, 3.63) is 71.8 Å². The Kier molecular flexibility index (Phi) is 7.59. The third kappa shape index (κ3) is 5.68. The van der Waals surface area contributed by atoms with Crippen molar-refractivity contribution in [2.45, 2.75) is 58.2 Å². The molecule has 0 N–H and O–H groups in total. The van der Waals surface area contributed by atoms with Crippen LogP contribution in [0.1, 0.15) is 67.2 Å². The molecule has 2 aromatic rings. The molecule has 0 saturated heterocycles. The molecule has 144 valence electrons. The predicted octanol–water partition coefficient (Wildman–Crippen LogP) is 5.43. The summed E-state index contributed by atoms with van der Waals surface area (Å²) >= 11 is 0. The van der Waals surface area contributed by atoms with Crippen molar-refractivity contribution in [3.8, 4) is 0 Å². The lowest BCUT2D eigenvalue weighted by molar-refractivity contribution is -0.0937. The zero-order valence-corrected chi connectivity index (χ0v) is 16.3. The Hall–Kier alpha value is -2.62. The van der Waals surface area contributed by atoms with Gasteiger partial charge in [-0.25, -0.2) is 9.59 Å². The van der Waals surface area contributed by atoms with Crippen LogP contribution in [0.3, 0.4) is 0 Å². The lowest BCUT2D eigenvalue weighted by Gasteiger charge is -2.36. The van der Waals surface area contributed by atoms with Crippen LogP contribution in [0.2, 0.25) is 0 Å². The molecule has 0 heterocycles. The number of unbranched alkanes of at least 4 members (excludes halogenated alkanes) is 1. The summed E-state index contributed by atoms with van der Waals surface area (Å²) in [6.45, 7) is 5.87. The van der Waals surface area contributed by atoms with E-state index in [-0.39, 0.29) is 0 Å². The summed E-state index contributed by atoms with van der Waals surface area (Å²) < 4.78 is 11.7. The first-order chi connectivity index (χ1) is 13.0. The predicted molar refractivity (Wildman–Crippen MR) is 106 cm³/mol. The van der Waals surface area contributed by atoms with Gasteiger partial charge in [-0.3, -0.25) is 0 Å². The fourth-order valence-electron chi connectivity index (χ4n) is 3.06. The van der Waals surface area contributed by atoms with E-state index in [9.17, 15) is 9.59 Å². The van der Waals surface area contributed by atoms with Gasteiger partial charge in [0.15, 0.2) is 0 Å². The first kappa shape index (κ1) is 20.7. The third-order valence-electron chi connectivity index (χ3n) is 4.67. The van der Waals surface area contributed by atoms with Crippen molar-refractivity contribution in [1.82, 2.24) is 0 Å². The first-order valence-corrected chi connectivity index (χ1v) is 9.54. The Morgan fingerprint density at radius 1 is 0.889 bits per heavy atom. The molecule has 0 radical (unpaired) electrons. The smallest absolute Gasteiger partial charge is 0.338 e. The minimum absolute atomic E-state index is 0.400. The third-order valence-corrected chi connectivity index (χ3v) is 4.67. The van der Waals surface area contributed by atoms with E-state index < -0.39 is 23.6 Å². The molecular formula is C23H28O4. The van der Waals surface area contributed by atoms with Gasteiger partial charge < -0.3 is 9.47 Å². The second kappa shape index (κ2) is 9.91. The van der Waals surface area contributed by atoms with Crippen molar-refractivity contribution >= 4 is 11.9 Å². The highest BCUT2D eigenvalue weighted by atomic mass is 16.6. The molecule has 0 aromatic heterocycles. The first-order valence-electron chi connectivity index (χ1n) is 9.54. The van der Waals surface area contributed by atoms with Crippen molar-refractivity contribution in [1.29, 1.82) is 0 Å². The minimum atomic E-state index is -0.887. The summed E-state index contributed by atoms with van der Waals surface area (Å²) in [4.78, 5) is 25.2. The molecule has 2 unspecified atom stereocenters. The van der Waals surface area contributed by atoms with E-state index >= 15 is 0 Å². The lowest BCUT2D eigenvalue weighted by atomic mass is 9.90. The van der Waals surface area contributed by atoms with Crippen molar-refractivity contribution < 1.29 is 19.1 Å². The Morgan fingerprint density at radius 2 is 1.41 bits per heavy atom. The number of esters is 2. The van der Waals surface area contributed by atoms with Gasteiger partial charge in [-0.15, -0.1) is 0 Å². The van der Waals surface area contributed by atoms with Crippen molar-refractivity contribution in [3.63, 3.8) is 0 Å². The maximum absolute atomic E-state index is 12.6. The van der Waals surface area contributed by atoms with Gasteiger partial charge in [-0.05, 0) is 50.5 Å². The Morgan fingerprint density at radius 3 is 1.89 bits per heavy atom. The molecule has 0 aliphatic rings. The summed E-state index contributed by atoms with van der Waals surface area (Å²) in [6, 6.07) is 17.8. The molecule has 4 nitrogen and oxygen atoms in total. The summed E-state index contributed by atoms with van der Waals surface area (Å²) in [7, 11) is 0. The van der Waals surface area contributed by atoms with Gasteiger partial charge >= 0.3 is 11.9 Å². The van der Waals surface area contributed by atoms with E-state index in [4.69, 9.17) is 9.47 Å². The Balaban J connectivity index is 2.20. The quantitative estimate of drug-likeness (QED) is 0.554. The molecule has 0 amide bonds. The van der Waals surface area contributed by atoms with Crippen LogP contribution in [-0.2, 0) is 9.47 Å². The SMILES string of the molecule is CCCCC(C)(OC(=O)c1ccccc1)C(CC)OC(=O)c1ccccc1. The fraction of sp³-hybridized carbons (Fsp3) is 0.391. The van der Waals surface area contributed by atoms with Crippen LogP contribution in [0.4, 0.5) is 0 Å². The van der Waals surface area contributed by atoms with E-state index in [0.29, 0.717) is 24.0 Å². The zero-order valence-electron chi connectivity index (χ0n) is 16.3. The largest absolute Gasteiger partial charge is 0.455 e. The molecule has 0 fully saturated rings. The van der Waals surface area contributed by atoms with E-state index in [1.807, 2.05) is 26.0 Å². The number of rotatable bonds is 9. The molecular weight excluding hydrogens is 340 g/mol. The summed E-state index contributed by atoms with van der Waals surface area (Å²) in [6.07, 6.45) is 2.49. The van der Waals surface area contributed by atoms with E-state index in [0.717, 1.165) is 12.8 Å². The van der Waals surface area contributed by atoms with Crippen LogP contribution in [0.25, 0.3) is 0 Å². The number of benzene rings is 2. The van der Waals surface area contributed by atoms with Crippen LogP contribution in [0.5, 0.6) is 0 Å². The molecule has 2 aromatic carbocycles. The van der Waals surface area contributed by atoms with Crippen LogP contribution in [0, 0.1) is 0 Å². The number of carbonyl (C=O) groups is 2. The highest BCUT2D eigenvalue weighted by molar-refractivity contribution is 5.90. The van der Waals surface area contributed by atoms with Crippen LogP contribution >= 0.6 is 0 Å². The highest BCUT2D eigenvalue weighted by Crippen LogP contribution is 2.29. The minimum Gasteiger partial charge on any atom is -0.455 e. The maximum atomic E-state index is 12.6. The summed E-state index contributed by atoms with van der Waals surface area (Å²) in [5.74, 6) is -0.802. The number of carbonyl (C=O) groups excluding carboxylic acids is 2. The zero-order chi connectivity index (χ0) is 19.7. The van der Waals surface area contributed by atoms with Crippen LogP contribution in [-0.4, -0.2) is 23.6 Å². The molecule has 27 heavy (non-hydrogen) atoms. The standard InChI is InChI=1S/C23H28O4/c1-4-6-17-23(3,27-22(25)19-15-11-8-12-16-19)20(5-2)26-21(24)18-13-9-7-10-14-18/h7-16,20H,4-6,17H2,1-3H3. The average molecular weight is 368 g/mol. The van der Waals surface area contributed by atoms with Gasteiger partial charge in [0.2, 0.25) is 0 Å². The number of ether oxygens (including phenoxy) is 2. The molecule has 0 aliphatic carbocycles. The highest BCUT2D eigenvalue weighted by Gasteiger charge is 2.39. The van der Waals surface area contributed by atoms with Crippen LogP contribution in [0.15, 0.2) is 60.7 Å². The second-order valence-corrected chi connectivity index (χ2v) is 6.84. The normalized spacial score (nSPS) is 14.0. The van der Waals surface area contributed by atoms with Gasteiger partial charge in [0.1, 0.15) is 11.7 Å². The van der Waals surface area contributed by atoms with E-state index in [2.05, 4.69) is 6.92 Å². The molecule has 0 saturated carbocycles. The van der Waals surface area contributed by atoms with Gasteiger partial charge in [0.25, 0.3) is 0 Å². The summed E-state index contributed by atoms with van der Waals surface area (Å²) in [5.41, 5.74) is 0.0925. The van der Waals surface area contributed by atoms with Gasteiger partial charge in [0.05, 0.1) is 11.1 Å². The molecule has 0 aliphatic heterocycles. The van der Waals surface area contributed by atoms with Crippen molar-refractivity contribution in [2.24, 2.45) is 0 Å². The summed E-state index contributed by atoms with van der Waals surface area (Å²) in [5, 5.41) is 0. The van der Waals surface area contributed by atoms with Gasteiger partial charge in [-0.1, -0.05) is 56.7 Å². The lowest BCUT2D eigenvalue weighted by Crippen LogP contribution is -2.46. The number of hydrogen-bond acceptors (Lipinski definition) is 4. The monoisotopic (exact) mass is 368 g/mol. The van der Waals surface area contributed by atoms with Crippen molar-refractivity contribution in [2.75, 3.05) is 0 Å². The average Bonchev–Trinajstić information content (AvgIpc) is 2.71. The number of hydrogen-bond donors (Lipinski definition) is 0. The van der Waals surface area contributed by atoms with Gasteiger partial charge in [0, 0.05) is 0 Å². The van der Waals surface area contributed by atoms with Gasteiger partial charge in [-0.2, -0.15) is 0 Å². The fourth-order valence-corrected chi connectivity index (χ4v) is 3.06. The molecule has 0 bridgehead atoms. The molecule has 4 heteroatoms.